The van der Waals surface area contributed by atoms with Crippen molar-refractivity contribution in [2.24, 2.45) is 5.73 Å². The third kappa shape index (κ3) is 5.77. The summed E-state index contributed by atoms with van der Waals surface area (Å²) in [6.07, 6.45) is 5.82. The average Bonchev–Trinajstić information content (AvgIpc) is 2.00. The van der Waals surface area contributed by atoms with Gasteiger partial charge < -0.3 is 11.1 Å². The maximum Gasteiger partial charge on any atom is 0.312 e. The van der Waals surface area contributed by atoms with Gasteiger partial charge in [0.25, 0.3) is 0 Å². The quantitative estimate of drug-likeness (QED) is 0.587. The van der Waals surface area contributed by atoms with E-state index >= 15 is 0 Å². The summed E-state index contributed by atoms with van der Waals surface area (Å²) in [4.78, 5) is 10.5. The predicted octanol–water partition coefficient (Wildman–Crippen LogP) is 1.79. The zero-order chi connectivity index (χ0) is 9.40. The summed E-state index contributed by atoms with van der Waals surface area (Å²) in [5.74, 6) is 0. The van der Waals surface area contributed by atoms with Crippen molar-refractivity contribution >= 4 is 6.03 Å². The molecule has 0 aliphatic carbocycles. The second kappa shape index (κ2) is 6.70. The summed E-state index contributed by atoms with van der Waals surface area (Å²) in [6, 6.07) is -0.280. The van der Waals surface area contributed by atoms with E-state index in [1.54, 1.807) is 6.08 Å². The van der Waals surface area contributed by atoms with Crippen molar-refractivity contribution in [3.63, 3.8) is 0 Å². The molecule has 0 aromatic rings. The van der Waals surface area contributed by atoms with Crippen molar-refractivity contribution in [2.75, 3.05) is 0 Å². The van der Waals surface area contributed by atoms with Crippen LogP contribution in [-0.4, -0.2) is 12.1 Å². The van der Waals surface area contributed by atoms with E-state index in [0.717, 1.165) is 25.7 Å². The number of hydrogen-bond acceptors (Lipinski definition) is 1. The Morgan fingerprint density at radius 2 is 2.42 bits per heavy atom. The molecule has 0 aliphatic heterocycles. The fourth-order valence-corrected chi connectivity index (χ4v) is 1.10. The Kier molecular flexibility index (Phi) is 6.15. The minimum Gasteiger partial charge on any atom is -0.352 e. The van der Waals surface area contributed by atoms with Gasteiger partial charge in [-0.15, -0.1) is 6.58 Å². The summed E-state index contributed by atoms with van der Waals surface area (Å²) in [5, 5.41) is 2.68. The van der Waals surface area contributed by atoms with E-state index in [1.807, 2.05) is 0 Å². The van der Waals surface area contributed by atoms with Gasteiger partial charge in [-0.25, -0.2) is 4.79 Å². The van der Waals surface area contributed by atoms with Gasteiger partial charge in [0.1, 0.15) is 0 Å². The van der Waals surface area contributed by atoms with Crippen molar-refractivity contribution in [3.8, 4) is 0 Å². The first kappa shape index (κ1) is 11.0. The lowest BCUT2D eigenvalue weighted by atomic mass is 10.1. The number of unbranched alkanes of at least 4 members (excludes halogenated alkanes) is 1. The van der Waals surface area contributed by atoms with Gasteiger partial charge in [0, 0.05) is 6.04 Å². The van der Waals surface area contributed by atoms with E-state index in [4.69, 9.17) is 5.73 Å². The first-order chi connectivity index (χ1) is 5.70. The molecular formula is C9H18N2O. The minimum atomic E-state index is -0.446. The summed E-state index contributed by atoms with van der Waals surface area (Å²) >= 11 is 0. The highest BCUT2D eigenvalue weighted by atomic mass is 16.2. The molecule has 0 aromatic heterocycles. The largest absolute Gasteiger partial charge is 0.352 e. The monoisotopic (exact) mass is 170 g/mol. The Hall–Kier alpha value is -0.990. The predicted molar refractivity (Wildman–Crippen MR) is 50.8 cm³/mol. The normalized spacial score (nSPS) is 12.1. The molecule has 0 aromatic carbocycles. The summed E-state index contributed by atoms with van der Waals surface area (Å²) in [5.41, 5.74) is 5.01. The molecule has 0 radical (unpaired) electrons. The highest BCUT2D eigenvalue weighted by molar-refractivity contribution is 5.71. The van der Waals surface area contributed by atoms with E-state index in [0.29, 0.717) is 0 Å². The molecule has 1 unspecified atom stereocenters. The van der Waals surface area contributed by atoms with Gasteiger partial charge in [-0.1, -0.05) is 25.8 Å². The minimum absolute atomic E-state index is 0.167. The molecule has 0 saturated heterocycles. The second-order valence-corrected chi connectivity index (χ2v) is 2.87. The fourth-order valence-electron chi connectivity index (χ4n) is 1.10. The van der Waals surface area contributed by atoms with Crippen LogP contribution < -0.4 is 11.1 Å². The van der Waals surface area contributed by atoms with Crippen LogP contribution >= 0.6 is 0 Å². The average molecular weight is 170 g/mol. The molecule has 0 aliphatic rings. The van der Waals surface area contributed by atoms with Crippen molar-refractivity contribution < 1.29 is 4.79 Å². The number of nitrogens with one attached hydrogen (secondary N) is 1. The van der Waals surface area contributed by atoms with E-state index < -0.39 is 6.03 Å². The Morgan fingerprint density at radius 1 is 1.75 bits per heavy atom. The number of urea groups is 1. The second-order valence-electron chi connectivity index (χ2n) is 2.87. The lowest BCUT2D eigenvalue weighted by Gasteiger charge is -2.14. The smallest absolute Gasteiger partial charge is 0.312 e. The van der Waals surface area contributed by atoms with E-state index in [9.17, 15) is 4.79 Å². The van der Waals surface area contributed by atoms with Crippen LogP contribution in [0.2, 0.25) is 0 Å². The highest BCUT2D eigenvalue weighted by Gasteiger charge is 2.06. The van der Waals surface area contributed by atoms with E-state index in [1.165, 1.54) is 0 Å². The molecule has 3 nitrogen and oxygen atoms in total. The molecule has 12 heavy (non-hydrogen) atoms. The highest BCUT2D eigenvalue weighted by Crippen LogP contribution is 2.04. The number of carbonyl (C=O) groups is 1. The number of carbonyl (C=O) groups excluding carboxylic acids is 1. The number of hydrogen-bond donors (Lipinski definition) is 2. The van der Waals surface area contributed by atoms with Crippen molar-refractivity contribution in [1.29, 1.82) is 0 Å². The van der Waals surface area contributed by atoms with Gasteiger partial charge in [-0.05, 0) is 12.8 Å². The lowest BCUT2D eigenvalue weighted by molar-refractivity contribution is 0.244. The Balaban J connectivity index is 3.68. The molecule has 0 bridgehead atoms. The molecule has 70 valence electrons. The zero-order valence-corrected chi connectivity index (χ0v) is 7.68. The van der Waals surface area contributed by atoms with E-state index in [2.05, 4.69) is 18.8 Å². The lowest BCUT2D eigenvalue weighted by Crippen LogP contribution is -2.38. The molecule has 0 fully saturated rings. The topological polar surface area (TPSA) is 55.1 Å². The molecule has 0 saturated carbocycles. The van der Waals surface area contributed by atoms with Gasteiger partial charge in [0.05, 0.1) is 0 Å². The maximum atomic E-state index is 10.5. The number of primary amides is 1. The van der Waals surface area contributed by atoms with Crippen LogP contribution in [0.25, 0.3) is 0 Å². The standard InChI is InChI=1S/C9H18N2O/c1-3-5-7-8(6-4-2)11-9(10)12/h4,8H,2-3,5-7H2,1H3,(H3,10,11,12). The van der Waals surface area contributed by atoms with Gasteiger partial charge in [0.15, 0.2) is 0 Å². The first-order valence-electron chi connectivity index (χ1n) is 4.37. The van der Waals surface area contributed by atoms with Crippen LogP contribution in [0.1, 0.15) is 32.6 Å². The van der Waals surface area contributed by atoms with Crippen LogP contribution in [0.5, 0.6) is 0 Å². The van der Waals surface area contributed by atoms with Gasteiger partial charge >= 0.3 is 6.03 Å². The third-order valence-corrected chi connectivity index (χ3v) is 1.70. The molecule has 2 amide bonds. The number of amides is 2. The van der Waals surface area contributed by atoms with Crippen molar-refractivity contribution in [3.05, 3.63) is 12.7 Å². The molecular weight excluding hydrogens is 152 g/mol. The third-order valence-electron chi connectivity index (χ3n) is 1.70. The van der Waals surface area contributed by atoms with Crippen molar-refractivity contribution in [2.45, 2.75) is 38.6 Å². The van der Waals surface area contributed by atoms with Crippen LogP contribution in [0.15, 0.2) is 12.7 Å². The molecule has 3 N–H and O–H groups in total. The summed E-state index contributed by atoms with van der Waals surface area (Å²) < 4.78 is 0. The van der Waals surface area contributed by atoms with Crippen LogP contribution in [0, 0.1) is 0 Å². The van der Waals surface area contributed by atoms with Crippen molar-refractivity contribution in [1.82, 2.24) is 5.32 Å². The van der Waals surface area contributed by atoms with E-state index in [-0.39, 0.29) is 6.04 Å². The van der Waals surface area contributed by atoms with Gasteiger partial charge in [-0.2, -0.15) is 0 Å². The fraction of sp³-hybridized carbons (Fsp3) is 0.667. The summed E-state index contributed by atoms with van der Waals surface area (Å²) in [6.45, 7) is 5.74. The van der Waals surface area contributed by atoms with Gasteiger partial charge in [0.2, 0.25) is 0 Å². The molecule has 0 rings (SSSR count). The van der Waals surface area contributed by atoms with Crippen LogP contribution in [0.3, 0.4) is 0 Å². The van der Waals surface area contributed by atoms with Gasteiger partial charge in [-0.3, -0.25) is 0 Å². The zero-order valence-electron chi connectivity index (χ0n) is 7.68. The van der Waals surface area contributed by atoms with Crippen LogP contribution in [0.4, 0.5) is 4.79 Å². The first-order valence-corrected chi connectivity index (χ1v) is 4.37. The number of rotatable bonds is 6. The Bertz CT molecular complexity index is 145. The number of nitrogens with two attached hydrogens (primary N) is 1. The Morgan fingerprint density at radius 3 is 2.83 bits per heavy atom. The summed E-state index contributed by atoms with van der Waals surface area (Å²) in [7, 11) is 0. The maximum absolute atomic E-state index is 10.5. The molecule has 3 heteroatoms. The Labute approximate surface area is 74.0 Å². The molecule has 0 heterocycles. The van der Waals surface area contributed by atoms with Crippen LogP contribution in [-0.2, 0) is 0 Å². The molecule has 0 spiro atoms. The molecule has 1 atom stereocenters. The SMILES string of the molecule is C=CCC(CCCC)NC(N)=O.